The predicted octanol–water partition coefficient (Wildman–Crippen LogP) is 1.42. The molecule has 1 aliphatic rings. The fraction of sp³-hybridized carbons (Fsp3) is 0.462. The molecule has 1 atom stereocenters. The normalized spacial score (nSPS) is 19.5. The summed E-state index contributed by atoms with van der Waals surface area (Å²) < 4.78 is 0. The molecule has 0 radical (unpaired) electrons. The van der Waals surface area contributed by atoms with Crippen molar-refractivity contribution in [3.8, 4) is 0 Å². The minimum Gasteiger partial charge on any atom is -0.348 e. The van der Waals surface area contributed by atoms with E-state index in [2.05, 4.69) is 31.3 Å². The number of fused-ring (bicyclic) bond motifs is 1. The minimum absolute atomic E-state index is 0.0131. The van der Waals surface area contributed by atoms with Gasteiger partial charge in [0.1, 0.15) is 0 Å². The Hall–Kier alpha value is -1.35. The summed E-state index contributed by atoms with van der Waals surface area (Å²) in [4.78, 5) is 11.9. The monoisotopic (exact) mass is 218 g/mol. The highest BCUT2D eigenvalue weighted by Gasteiger charge is 2.23. The molecule has 0 aromatic heterocycles. The molecule has 0 fully saturated rings. The molecule has 0 bridgehead atoms. The molecule has 1 aromatic rings. The maximum Gasteiger partial charge on any atom is 0.251 e. The molecule has 1 amide bonds. The van der Waals surface area contributed by atoms with Gasteiger partial charge in [0, 0.05) is 18.2 Å². The van der Waals surface area contributed by atoms with Crippen LogP contribution in [0.4, 0.5) is 0 Å². The van der Waals surface area contributed by atoms with Gasteiger partial charge in [-0.15, -0.1) is 0 Å². The molecular weight excluding hydrogens is 200 g/mol. The average molecular weight is 218 g/mol. The van der Waals surface area contributed by atoms with Crippen LogP contribution in [0.15, 0.2) is 18.2 Å². The van der Waals surface area contributed by atoms with Gasteiger partial charge in [-0.3, -0.25) is 4.79 Å². The minimum atomic E-state index is 0.0131. The van der Waals surface area contributed by atoms with E-state index >= 15 is 0 Å². The Morgan fingerprint density at radius 2 is 2.25 bits per heavy atom. The van der Waals surface area contributed by atoms with E-state index in [0.717, 1.165) is 17.5 Å². The van der Waals surface area contributed by atoms with Crippen molar-refractivity contribution in [3.05, 3.63) is 34.9 Å². The van der Waals surface area contributed by atoms with Crippen molar-refractivity contribution < 1.29 is 4.79 Å². The number of nitrogens with one attached hydrogen (secondary N) is 1. The van der Waals surface area contributed by atoms with Crippen molar-refractivity contribution in [1.29, 1.82) is 0 Å². The lowest BCUT2D eigenvalue weighted by Crippen LogP contribution is -2.45. The molecule has 16 heavy (non-hydrogen) atoms. The number of hydrogen-bond acceptors (Lipinski definition) is 2. The number of hydrogen-bond donors (Lipinski definition) is 2. The maximum absolute atomic E-state index is 11.9. The zero-order valence-corrected chi connectivity index (χ0v) is 9.79. The second kappa shape index (κ2) is 4.26. The van der Waals surface area contributed by atoms with Crippen LogP contribution in [0.1, 0.15) is 41.3 Å². The molecule has 0 spiro atoms. The van der Waals surface area contributed by atoms with Crippen molar-refractivity contribution >= 4 is 5.91 Å². The Balaban J connectivity index is 2.37. The second-order valence-electron chi connectivity index (χ2n) is 4.68. The van der Waals surface area contributed by atoms with Gasteiger partial charge in [-0.25, -0.2) is 0 Å². The molecule has 3 nitrogen and oxygen atoms in total. The molecule has 1 aromatic carbocycles. The van der Waals surface area contributed by atoms with Crippen molar-refractivity contribution in [2.45, 2.75) is 32.2 Å². The highest BCUT2D eigenvalue weighted by Crippen LogP contribution is 2.22. The first-order chi connectivity index (χ1) is 7.61. The smallest absolute Gasteiger partial charge is 0.251 e. The van der Waals surface area contributed by atoms with Crippen LogP contribution in [0.3, 0.4) is 0 Å². The standard InChI is InChI=1S/C13H18N2O/c1-8(2)9-3-4-10-5-11(7-14)15-13(16)12(10)6-9/h3-4,6,8,11H,5,7,14H2,1-2H3,(H,15,16). The Morgan fingerprint density at radius 3 is 2.88 bits per heavy atom. The van der Waals surface area contributed by atoms with Gasteiger partial charge in [0.25, 0.3) is 5.91 Å². The first kappa shape index (κ1) is 11.1. The fourth-order valence-electron chi connectivity index (χ4n) is 2.06. The molecule has 1 aliphatic heterocycles. The SMILES string of the molecule is CC(C)c1ccc2c(c1)C(=O)NC(CN)C2. The molecule has 3 N–H and O–H groups in total. The summed E-state index contributed by atoms with van der Waals surface area (Å²) in [6.07, 6.45) is 0.843. The summed E-state index contributed by atoms with van der Waals surface area (Å²) in [5.41, 5.74) is 8.72. The summed E-state index contributed by atoms with van der Waals surface area (Å²) in [5.74, 6) is 0.463. The largest absolute Gasteiger partial charge is 0.348 e. The Kier molecular flexibility index (Phi) is 2.97. The highest BCUT2D eigenvalue weighted by atomic mass is 16.1. The van der Waals surface area contributed by atoms with Gasteiger partial charge in [-0.05, 0) is 29.5 Å². The number of carbonyl (C=O) groups excluding carboxylic acids is 1. The van der Waals surface area contributed by atoms with Crippen LogP contribution in [-0.2, 0) is 6.42 Å². The van der Waals surface area contributed by atoms with Crippen molar-refractivity contribution in [3.63, 3.8) is 0 Å². The molecule has 0 saturated heterocycles. The molecule has 0 saturated carbocycles. The number of amides is 1. The van der Waals surface area contributed by atoms with E-state index in [1.165, 1.54) is 5.56 Å². The average Bonchev–Trinajstić information content (AvgIpc) is 2.28. The number of rotatable bonds is 2. The van der Waals surface area contributed by atoms with Gasteiger partial charge in [-0.2, -0.15) is 0 Å². The summed E-state index contributed by atoms with van der Waals surface area (Å²) in [6, 6.07) is 6.26. The quantitative estimate of drug-likeness (QED) is 0.789. The Bertz CT molecular complexity index is 412. The summed E-state index contributed by atoms with van der Waals surface area (Å²) in [7, 11) is 0. The lowest BCUT2D eigenvalue weighted by atomic mass is 9.91. The molecule has 2 rings (SSSR count). The van der Waals surface area contributed by atoms with Crippen LogP contribution in [0.5, 0.6) is 0 Å². The Labute approximate surface area is 96.0 Å². The van der Waals surface area contributed by atoms with E-state index < -0.39 is 0 Å². The van der Waals surface area contributed by atoms with Crippen LogP contribution >= 0.6 is 0 Å². The molecule has 0 aliphatic carbocycles. The zero-order valence-electron chi connectivity index (χ0n) is 9.79. The van der Waals surface area contributed by atoms with E-state index in [1.54, 1.807) is 0 Å². The molecular formula is C13H18N2O. The van der Waals surface area contributed by atoms with Gasteiger partial charge < -0.3 is 11.1 Å². The van der Waals surface area contributed by atoms with Crippen LogP contribution in [-0.4, -0.2) is 18.5 Å². The second-order valence-corrected chi connectivity index (χ2v) is 4.68. The van der Waals surface area contributed by atoms with Crippen molar-refractivity contribution in [2.75, 3.05) is 6.54 Å². The van der Waals surface area contributed by atoms with Gasteiger partial charge in [0.2, 0.25) is 0 Å². The maximum atomic E-state index is 11.9. The zero-order chi connectivity index (χ0) is 11.7. The van der Waals surface area contributed by atoms with Crippen LogP contribution in [0, 0.1) is 0 Å². The van der Waals surface area contributed by atoms with Gasteiger partial charge >= 0.3 is 0 Å². The summed E-state index contributed by atoms with van der Waals surface area (Å²) in [5, 5.41) is 2.92. The van der Waals surface area contributed by atoms with Gasteiger partial charge in [0.05, 0.1) is 0 Å². The third-order valence-corrected chi connectivity index (χ3v) is 3.13. The van der Waals surface area contributed by atoms with Crippen LogP contribution in [0.25, 0.3) is 0 Å². The van der Waals surface area contributed by atoms with E-state index in [-0.39, 0.29) is 11.9 Å². The number of nitrogens with two attached hydrogens (primary N) is 1. The third kappa shape index (κ3) is 1.95. The number of carbonyl (C=O) groups is 1. The van der Waals surface area contributed by atoms with E-state index in [4.69, 9.17) is 5.73 Å². The highest BCUT2D eigenvalue weighted by molar-refractivity contribution is 5.97. The topological polar surface area (TPSA) is 55.1 Å². The third-order valence-electron chi connectivity index (χ3n) is 3.13. The van der Waals surface area contributed by atoms with Crippen LogP contribution in [0.2, 0.25) is 0 Å². The summed E-state index contributed by atoms with van der Waals surface area (Å²) >= 11 is 0. The number of benzene rings is 1. The van der Waals surface area contributed by atoms with Gasteiger partial charge in [-0.1, -0.05) is 26.0 Å². The first-order valence-corrected chi connectivity index (χ1v) is 5.75. The predicted molar refractivity (Wildman–Crippen MR) is 64.5 cm³/mol. The van der Waals surface area contributed by atoms with Crippen molar-refractivity contribution in [2.24, 2.45) is 5.73 Å². The van der Waals surface area contributed by atoms with Crippen LogP contribution < -0.4 is 11.1 Å². The van der Waals surface area contributed by atoms with E-state index in [9.17, 15) is 4.79 Å². The molecule has 86 valence electrons. The fourth-order valence-corrected chi connectivity index (χ4v) is 2.06. The lowest BCUT2D eigenvalue weighted by molar-refractivity contribution is 0.0926. The molecule has 3 heteroatoms. The molecule has 1 unspecified atom stereocenters. The Morgan fingerprint density at radius 1 is 1.50 bits per heavy atom. The van der Waals surface area contributed by atoms with E-state index in [0.29, 0.717) is 12.5 Å². The van der Waals surface area contributed by atoms with E-state index in [1.807, 2.05) is 6.07 Å². The lowest BCUT2D eigenvalue weighted by Gasteiger charge is -2.25. The molecule has 1 heterocycles. The van der Waals surface area contributed by atoms with Crippen molar-refractivity contribution in [1.82, 2.24) is 5.32 Å². The summed E-state index contributed by atoms with van der Waals surface area (Å²) in [6.45, 7) is 4.76. The van der Waals surface area contributed by atoms with Gasteiger partial charge in [0.15, 0.2) is 0 Å². The first-order valence-electron chi connectivity index (χ1n) is 5.75.